The highest BCUT2D eigenvalue weighted by molar-refractivity contribution is 5.69. The lowest BCUT2D eigenvalue weighted by Gasteiger charge is -2.10. The molecule has 1 heterocycles. The second kappa shape index (κ2) is 6.02. The molecule has 1 fully saturated rings. The van der Waals surface area contributed by atoms with Crippen LogP contribution in [0.5, 0.6) is 0 Å². The minimum atomic E-state index is 0.763. The van der Waals surface area contributed by atoms with Gasteiger partial charge >= 0.3 is 0 Å². The normalized spacial score (nSPS) is 14.6. The molecule has 2 aromatic rings. The zero-order valence-electron chi connectivity index (χ0n) is 13.3. The fourth-order valence-electron chi connectivity index (χ4n) is 2.84. The van der Waals surface area contributed by atoms with E-state index in [1.807, 2.05) is 6.20 Å². The van der Waals surface area contributed by atoms with Gasteiger partial charge in [0.05, 0.1) is 6.20 Å². The minimum Gasteiger partial charge on any atom is -0.310 e. The van der Waals surface area contributed by atoms with E-state index in [0.29, 0.717) is 0 Å². The minimum absolute atomic E-state index is 0.763. The number of hydrogen-bond acceptors (Lipinski definition) is 2. The zero-order valence-corrected chi connectivity index (χ0v) is 13.3. The van der Waals surface area contributed by atoms with Crippen molar-refractivity contribution in [1.82, 2.24) is 15.1 Å². The fourth-order valence-corrected chi connectivity index (χ4v) is 2.84. The third-order valence-electron chi connectivity index (χ3n) is 4.29. The maximum atomic E-state index is 4.52. The Hall–Kier alpha value is -1.61. The van der Waals surface area contributed by atoms with Crippen molar-refractivity contribution in [2.24, 2.45) is 0 Å². The van der Waals surface area contributed by atoms with Crippen molar-refractivity contribution in [2.45, 2.75) is 59.2 Å². The molecule has 0 atom stereocenters. The number of benzene rings is 1. The van der Waals surface area contributed by atoms with E-state index in [0.717, 1.165) is 25.6 Å². The van der Waals surface area contributed by atoms with Crippen LogP contribution >= 0.6 is 0 Å². The summed E-state index contributed by atoms with van der Waals surface area (Å²) >= 11 is 0. The molecule has 0 unspecified atom stereocenters. The molecule has 1 aliphatic rings. The summed E-state index contributed by atoms with van der Waals surface area (Å²) in [5.41, 5.74) is 6.56. The Bertz CT molecular complexity index is 623. The summed E-state index contributed by atoms with van der Waals surface area (Å²) in [7, 11) is 0. The topological polar surface area (TPSA) is 29.9 Å². The summed E-state index contributed by atoms with van der Waals surface area (Å²) in [5.74, 6) is 0. The lowest BCUT2D eigenvalue weighted by atomic mass is 9.99. The monoisotopic (exact) mass is 283 g/mol. The van der Waals surface area contributed by atoms with Gasteiger partial charge < -0.3 is 5.32 Å². The highest BCUT2D eigenvalue weighted by Gasteiger charge is 2.20. The van der Waals surface area contributed by atoms with Gasteiger partial charge in [-0.05, 0) is 49.8 Å². The smallest absolute Gasteiger partial charge is 0.0571 e. The summed E-state index contributed by atoms with van der Waals surface area (Å²) in [6, 6.07) is 7.56. The first-order chi connectivity index (χ1) is 10.2. The van der Waals surface area contributed by atoms with Crippen molar-refractivity contribution in [3.8, 4) is 11.1 Å². The molecule has 0 saturated heterocycles. The lowest BCUT2D eigenvalue weighted by molar-refractivity contribution is 0.587. The van der Waals surface area contributed by atoms with Crippen LogP contribution in [0.1, 0.15) is 43.0 Å². The van der Waals surface area contributed by atoms with Crippen molar-refractivity contribution < 1.29 is 0 Å². The molecule has 21 heavy (non-hydrogen) atoms. The molecule has 0 amide bonds. The molecule has 0 aliphatic heterocycles. The van der Waals surface area contributed by atoms with Crippen molar-refractivity contribution in [1.29, 1.82) is 0 Å². The third kappa shape index (κ3) is 3.18. The van der Waals surface area contributed by atoms with Gasteiger partial charge in [0, 0.05) is 30.4 Å². The summed E-state index contributed by atoms with van der Waals surface area (Å²) in [6.07, 6.45) is 5.81. The molecule has 0 radical (unpaired) electrons. The Morgan fingerprint density at radius 3 is 2.71 bits per heavy atom. The Morgan fingerprint density at radius 2 is 2.05 bits per heavy atom. The van der Waals surface area contributed by atoms with Crippen molar-refractivity contribution in [3.05, 3.63) is 41.2 Å². The SMILES string of the molecule is CCCn1ncc(-c2ccc(CNC3CC3)cc2C)c1C. The van der Waals surface area contributed by atoms with E-state index in [2.05, 4.69) is 54.1 Å². The first-order valence-electron chi connectivity index (χ1n) is 8.04. The Kier molecular flexibility index (Phi) is 4.11. The van der Waals surface area contributed by atoms with Crippen LogP contribution < -0.4 is 5.32 Å². The van der Waals surface area contributed by atoms with Crippen molar-refractivity contribution >= 4 is 0 Å². The van der Waals surface area contributed by atoms with E-state index in [1.165, 1.54) is 40.8 Å². The second-order valence-electron chi connectivity index (χ2n) is 6.17. The van der Waals surface area contributed by atoms with Crippen LogP contribution in [0.15, 0.2) is 24.4 Å². The van der Waals surface area contributed by atoms with E-state index in [9.17, 15) is 0 Å². The molecule has 0 spiro atoms. The number of hydrogen-bond donors (Lipinski definition) is 1. The van der Waals surface area contributed by atoms with Gasteiger partial charge in [0.2, 0.25) is 0 Å². The maximum absolute atomic E-state index is 4.52. The number of aromatic nitrogens is 2. The molecule has 1 saturated carbocycles. The van der Waals surface area contributed by atoms with Gasteiger partial charge in [0.1, 0.15) is 0 Å². The first kappa shape index (κ1) is 14.3. The molecule has 1 aliphatic carbocycles. The number of nitrogens with zero attached hydrogens (tertiary/aromatic N) is 2. The van der Waals surface area contributed by atoms with Gasteiger partial charge in [-0.2, -0.15) is 5.10 Å². The van der Waals surface area contributed by atoms with Crippen LogP contribution in [0.2, 0.25) is 0 Å². The highest BCUT2D eigenvalue weighted by atomic mass is 15.3. The fraction of sp³-hybridized carbons (Fsp3) is 0.500. The first-order valence-corrected chi connectivity index (χ1v) is 8.04. The highest BCUT2D eigenvalue weighted by Crippen LogP contribution is 2.27. The average Bonchev–Trinajstić information content (AvgIpc) is 3.23. The number of aryl methyl sites for hydroxylation is 2. The number of rotatable bonds is 6. The Balaban J connectivity index is 1.81. The molecule has 1 aromatic heterocycles. The van der Waals surface area contributed by atoms with Crippen LogP contribution in [0, 0.1) is 13.8 Å². The van der Waals surface area contributed by atoms with Crippen LogP contribution in [0.3, 0.4) is 0 Å². The summed E-state index contributed by atoms with van der Waals surface area (Å²) in [6.45, 7) is 8.54. The molecule has 3 heteroatoms. The van der Waals surface area contributed by atoms with Gasteiger partial charge in [-0.25, -0.2) is 0 Å². The Labute approximate surface area is 127 Å². The van der Waals surface area contributed by atoms with Crippen molar-refractivity contribution in [3.63, 3.8) is 0 Å². The summed E-state index contributed by atoms with van der Waals surface area (Å²) in [4.78, 5) is 0. The summed E-state index contributed by atoms with van der Waals surface area (Å²) < 4.78 is 2.11. The maximum Gasteiger partial charge on any atom is 0.0571 e. The van der Waals surface area contributed by atoms with Gasteiger partial charge in [0.15, 0.2) is 0 Å². The molecule has 112 valence electrons. The molecular formula is C18H25N3. The summed E-state index contributed by atoms with van der Waals surface area (Å²) in [5, 5.41) is 8.09. The zero-order chi connectivity index (χ0) is 14.8. The lowest BCUT2D eigenvalue weighted by Crippen LogP contribution is -2.15. The predicted octanol–water partition coefficient (Wildman–Crippen LogP) is 3.83. The predicted molar refractivity (Wildman–Crippen MR) is 87.3 cm³/mol. The average molecular weight is 283 g/mol. The quantitative estimate of drug-likeness (QED) is 0.873. The van der Waals surface area contributed by atoms with E-state index < -0.39 is 0 Å². The number of nitrogens with one attached hydrogen (secondary N) is 1. The molecule has 3 nitrogen and oxygen atoms in total. The molecule has 1 N–H and O–H groups in total. The van der Waals surface area contributed by atoms with Crippen LogP contribution in [0.4, 0.5) is 0 Å². The molecule has 1 aromatic carbocycles. The third-order valence-corrected chi connectivity index (χ3v) is 4.29. The van der Waals surface area contributed by atoms with Gasteiger partial charge in [-0.3, -0.25) is 4.68 Å². The van der Waals surface area contributed by atoms with E-state index in [4.69, 9.17) is 0 Å². The largest absolute Gasteiger partial charge is 0.310 e. The van der Waals surface area contributed by atoms with Crippen molar-refractivity contribution in [2.75, 3.05) is 0 Å². The van der Waals surface area contributed by atoms with Gasteiger partial charge in [0.25, 0.3) is 0 Å². The molecule has 0 bridgehead atoms. The Morgan fingerprint density at radius 1 is 1.24 bits per heavy atom. The van der Waals surface area contributed by atoms with E-state index >= 15 is 0 Å². The second-order valence-corrected chi connectivity index (χ2v) is 6.17. The van der Waals surface area contributed by atoms with Crippen LogP contribution in [-0.4, -0.2) is 15.8 Å². The van der Waals surface area contributed by atoms with E-state index in [1.54, 1.807) is 0 Å². The standard InChI is InChI=1S/C18H25N3/c1-4-9-21-14(3)18(12-20-21)17-8-5-15(10-13(17)2)11-19-16-6-7-16/h5,8,10,12,16,19H,4,6-7,9,11H2,1-3H3. The van der Waals surface area contributed by atoms with Gasteiger partial charge in [-0.15, -0.1) is 0 Å². The van der Waals surface area contributed by atoms with Crippen LogP contribution in [0.25, 0.3) is 11.1 Å². The van der Waals surface area contributed by atoms with E-state index in [-0.39, 0.29) is 0 Å². The van der Waals surface area contributed by atoms with Gasteiger partial charge in [-0.1, -0.05) is 25.1 Å². The molecule has 3 rings (SSSR count). The molecular weight excluding hydrogens is 258 g/mol. The van der Waals surface area contributed by atoms with Crippen LogP contribution in [-0.2, 0) is 13.1 Å².